The van der Waals surface area contributed by atoms with E-state index in [4.69, 9.17) is 14.8 Å². The van der Waals surface area contributed by atoms with Gasteiger partial charge in [0.25, 0.3) is 0 Å². The first-order chi connectivity index (χ1) is 12.8. The number of nitrogens with zero attached hydrogens (tertiary/aromatic N) is 5. The van der Waals surface area contributed by atoms with Crippen LogP contribution in [-0.4, -0.2) is 31.8 Å². The maximum absolute atomic E-state index is 5.27. The quantitative estimate of drug-likeness (QED) is 0.681. The highest BCUT2D eigenvalue weighted by Gasteiger charge is 2.23. The van der Waals surface area contributed by atoms with E-state index in [1.54, 1.807) is 19.5 Å². The fourth-order valence-corrected chi connectivity index (χ4v) is 3.51. The van der Waals surface area contributed by atoms with Crippen LogP contribution in [-0.2, 0) is 12.8 Å². The molecule has 0 saturated heterocycles. The average molecular weight is 349 g/mol. The van der Waals surface area contributed by atoms with E-state index < -0.39 is 0 Å². The van der Waals surface area contributed by atoms with Crippen LogP contribution in [0.3, 0.4) is 0 Å². The van der Waals surface area contributed by atoms with Crippen molar-refractivity contribution in [3.05, 3.63) is 60.2 Å². The van der Waals surface area contributed by atoms with Crippen molar-refractivity contribution in [3.63, 3.8) is 0 Å². The van der Waals surface area contributed by atoms with Crippen molar-refractivity contribution in [2.45, 2.75) is 44.4 Å². The zero-order valence-corrected chi connectivity index (χ0v) is 15.0. The summed E-state index contributed by atoms with van der Waals surface area (Å²) in [5.74, 6) is 3.28. The van der Waals surface area contributed by atoms with Crippen molar-refractivity contribution in [1.29, 1.82) is 0 Å². The van der Waals surface area contributed by atoms with E-state index in [9.17, 15) is 0 Å². The van der Waals surface area contributed by atoms with Gasteiger partial charge in [-0.25, -0.2) is 9.67 Å². The van der Waals surface area contributed by atoms with E-state index in [0.29, 0.717) is 5.92 Å². The summed E-state index contributed by atoms with van der Waals surface area (Å²) >= 11 is 0. The molecule has 1 saturated carbocycles. The lowest BCUT2D eigenvalue weighted by atomic mass is 10.1. The number of benzene rings is 1. The van der Waals surface area contributed by atoms with Crippen molar-refractivity contribution in [2.24, 2.45) is 0 Å². The second-order valence-electron chi connectivity index (χ2n) is 6.67. The number of methoxy groups -OCH3 is 1. The lowest BCUT2D eigenvalue weighted by Gasteiger charge is -2.07. The minimum atomic E-state index is 0.491. The van der Waals surface area contributed by atoms with Crippen LogP contribution in [0.25, 0.3) is 5.69 Å². The molecule has 1 aliphatic rings. The minimum Gasteiger partial charge on any atom is -0.497 e. The summed E-state index contributed by atoms with van der Waals surface area (Å²) in [6.45, 7) is 0. The van der Waals surface area contributed by atoms with Gasteiger partial charge in [0.15, 0.2) is 5.82 Å². The molecular weight excluding hydrogens is 326 g/mol. The average Bonchev–Trinajstić information content (AvgIpc) is 3.37. The molecule has 2 aromatic heterocycles. The van der Waals surface area contributed by atoms with Gasteiger partial charge < -0.3 is 4.74 Å². The first kappa shape index (κ1) is 16.7. The molecule has 0 N–H and O–H groups in total. The number of rotatable bonds is 6. The Bertz CT molecular complexity index is 838. The Kier molecular flexibility index (Phi) is 4.91. The van der Waals surface area contributed by atoms with E-state index in [2.05, 4.69) is 9.97 Å². The molecule has 6 heteroatoms. The van der Waals surface area contributed by atoms with Crippen LogP contribution in [0.5, 0.6) is 5.75 Å². The van der Waals surface area contributed by atoms with Gasteiger partial charge in [-0.3, -0.25) is 9.97 Å². The summed E-state index contributed by atoms with van der Waals surface area (Å²) in [4.78, 5) is 13.4. The van der Waals surface area contributed by atoms with Gasteiger partial charge >= 0.3 is 0 Å². The number of ether oxygens (including phenoxy) is 1. The third kappa shape index (κ3) is 3.59. The van der Waals surface area contributed by atoms with Gasteiger partial charge in [-0.1, -0.05) is 12.8 Å². The Balaban J connectivity index is 1.63. The number of aromatic nitrogens is 5. The Morgan fingerprint density at radius 1 is 1.08 bits per heavy atom. The van der Waals surface area contributed by atoms with Crippen LogP contribution < -0.4 is 4.74 Å². The Hall–Kier alpha value is -2.76. The van der Waals surface area contributed by atoms with Crippen LogP contribution >= 0.6 is 0 Å². The number of hydrogen-bond donors (Lipinski definition) is 0. The maximum atomic E-state index is 5.27. The van der Waals surface area contributed by atoms with Crippen molar-refractivity contribution < 1.29 is 4.74 Å². The smallest absolute Gasteiger partial charge is 0.154 e. The van der Waals surface area contributed by atoms with Crippen LogP contribution in [0.4, 0.5) is 0 Å². The summed E-state index contributed by atoms with van der Waals surface area (Å²) in [6.07, 6.45) is 11.7. The predicted molar refractivity (Wildman–Crippen MR) is 98.6 cm³/mol. The van der Waals surface area contributed by atoms with E-state index in [1.165, 1.54) is 25.7 Å². The van der Waals surface area contributed by atoms with Crippen molar-refractivity contribution in [1.82, 2.24) is 24.7 Å². The van der Waals surface area contributed by atoms with Gasteiger partial charge in [-0.15, -0.1) is 0 Å². The molecule has 6 nitrogen and oxygen atoms in total. The molecular formula is C20H23N5O. The fourth-order valence-electron chi connectivity index (χ4n) is 3.51. The molecule has 0 bridgehead atoms. The molecule has 0 radical (unpaired) electrons. The van der Waals surface area contributed by atoms with Gasteiger partial charge in [-0.2, -0.15) is 5.10 Å². The number of aryl methyl sites for hydroxylation is 2. The summed E-state index contributed by atoms with van der Waals surface area (Å²) in [5, 5.41) is 4.86. The van der Waals surface area contributed by atoms with E-state index in [-0.39, 0.29) is 0 Å². The molecule has 0 unspecified atom stereocenters. The lowest BCUT2D eigenvalue weighted by molar-refractivity contribution is 0.414. The standard InChI is InChI=1S/C20H23N5O/c1-26-18-9-7-17(8-10-18)25-19(11-6-16-14-21-12-13-22-16)23-20(24-25)15-4-2-3-5-15/h7-10,12-15H,2-6,11H2,1H3. The van der Waals surface area contributed by atoms with Crippen molar-refractivity contribution >= 4 is 0 Å². The highest BCUT2D eigenvalue weighted by molar-refractivity contribution is 5.37. The van der Waals surface area contributed by atoms with Gasteiger partial charge in [-0.05, 0) is 43.5 Å². The third-order valence-corrected chi connectivity index (χ3v) is 4.95. The van der Waals surface area contributed by atoms with Crippen molar-refractivity contribution in [3.8, 4) is 11.4 Å². The van der Waals surface area contributed by atoms with Crippen LogP contribution in [0.2, 0.25) is 0 Å². The summed E-state index contributed by atoms with van der Waals surface area (Å²) in [6, 6.07) is 7.97. The second kappa shape index (κ2) is 7.64. The summed E-state index contributed by atoms with van der Waals surface area (Å²) in [7, 11) is 1.68. The van der Waals surface area contributed by atoms with Gasteiger partial charge in [0.1, 0.15) is 11.6 Å². The molecule has 26 heavy (non-hydrogen) atoms. The SMILES string of the molecule is COc1ccc(-n2nc(C3CCCC3)nc2CCc2cnccn2)cc1. The van der Waals surface area contributed by atoms with Gasteiger partial charge in [0, 0.05) is 30.9 Å². The molecule has 134 valence electrons. The molecule has 0 spiro atoms. The molecule has 0 amide bonds. The molecule has 1 fully saturated rings. The molecule has 2 heterocycles. The fraction of sp³-hybridized carbons (Fsp3) is 0.400. The normalized spacial score (nSPS) is 14.7. The molecule has 4 rings (SSSR count). The van der Waals surface area contributed by atoms with Gasteiger partial charge in [0.05, 0.1) is 18.5 Å². The Morgan fingerprint density at radius 2 is 1.88 bits per heavy atom. The largest absolute Gasteiger partial charge is 0.497 e. The van der Waals surface area contributed by atoms with Crippen LogP contribution in [0.15, 0.2) is 42.9 Å². The summed E-state index contributed by atoms with van der Waals surface area (Å²) in [5.41, 5.74) is 1.98. The topological polar surface area (TPSA) is 65.7 Å². The van der Waals surface area contributed by atoms with E-state index in [0.717, 1.165) is 41.6 Å². The van der Waals surface area contributed by atoms with Gasteiger partial charge in [0.2, 0.25) is 0 Å². The summed E-state index contributed by atoms with van der Waals surface area (Å²) < 4.78 is 7.24. The zero-order chi connectivity index (χ0) is 17.8. The lowest BCUT2D eigenvalue weighted by Crippen LogP contribution is -2.05. The van der Waals surface area contributed by atoms with Crippen LogP contribution in [0, 0.1) is 0 Å². The maximum Gasteiger partial charge on any atom is 0.154 e. The van der Waals surface area contributed by atoms with Crippen molar-refractivity contribution in [2.75, 3.05) is 7.11 Å². The first-order valence-corrected chi connectivity index (χ1v) is 9.18. The monoisotopic (exact) mass is 349 g/mol. The highest BCUT2D eigenvalue weighted by atomic mass is 16.5. The van der Waals surface area contributed by atoms with E-state index >= 15 is 0 Å². The Morgan fingerprint density at radius 3 is 2.58 bits per heavy atom. The zero-order valence-electron chi connectivity index (χ0n) is 15.0. The minimum absolute atomic E-state index is 0.491. The first-order valence-electron chi connectivity index (χ1n) is 9.18. The highest BCUT2D eigenvalue weighted by Crippen LogP contribution is 2.32. The van der Waals surface area contributed by atoms with Crippen LogP contribution in [0.1, 0.15) is 48.9 Å². The van der Waals surface area contributed by atoms with E-state index in [1.807, 2.05) is 35.1 Å². The molecule has 0 atom stereocenters. The second-order valence-corrected chi connectivity index (χ2v) is 6.67. The molecule has 1 aromatic carbocycles. The molecule has 3 aromatic rings. The Labute approximate surface area is 153 Å². The molecule has 1 aliphatic carbocycles. The predicted octanol–water partition coefficient (Wildman–Crippen LogP) is 3.51. The third-order valence-electron chi connectivity index (χ3n) is 4.95. The molecule has 0 aliphatic heterocycles. The number of hydrogen-bond acceptors (Lipinski definition) is 5.